The van der Waals surface area contributed by atoms with Crippen molar-refractivity contribution >= 4 is 9.84 Å². The zero-order chi connectivity index (χ0) is 20.3. The van der Waals surface area contributed by atoms with Crippen molar-refractivity contribution in [3.05, 3.63) is 70.8 Å². The van der Waals surface area contributed by atoms with Gasteiger partial charge in [0, 0.05) is 19.3 Å². The summed E-state index contributed by atoms with van der Waals surface area (Å²) in [4.78, 5) is 0. The molecule has 0 aromatic heterocycles. The molecule has 0 aliphatic carbocycles. The van der Waals surface area contributed by atoms with E-state index < -0.39 is 27.2 Å². The van der Waals surface area contributed by atoms with Crippen LogP contribution in [-0.4, -0.2) is 26.3 Å². The summed E-state index contributed by atoms with van der Waals surface area (Å²) in [7, 11) is -3.10. The van der Waals surface area contributed by atoms with Gasteiger partial charge in [-0.3, -0.25) is 0 Å². The van der Waals surface area contributed by atoms with Gasteiger partial charge in [-0.15, -0.1) is 0 Å². The van der Waals surface area contributed by atoms with E-state index in [4.69, 9.17) is 0 Å². The Kier molecular flexibility index (Phi) is 6.34. The lowest BCUT2D eigenvalue weighted by atomic mass is 9.94. The molecule has 0 saturated carbocycles. The van der Waals surface area contributed by atoms with Crippen LogP contribution in [-0.2, 0) is 33.9 Å². The predicted molar refractivity (Wildman–Crippen MR) is 97.7 cm³/mol. The average Bonchev–Trinajstić information content (AvgIpc) is 2.54. The molecule has 0 spiro atoms. The molecule has 1 unspecified atom stereocenters. The largest absolute Gasteiger partial charge is 0.416 e. The van der Waals surface area contributed by atoms with Gasteiger partial charge in [0.05, 0.1) is 16.9 Å². The summed E-state index contributed by atoms with van der Waals surface area (Å²) in [6.45, 7) is 1.89. The lowest BCUT2D eigenvalue weighted by Gasteiger charge is -2.25. The Balaban J connectivity index is 1.98. The van der Waals surface area contributed by atoms with Crippen LogP contribution in [0, 0.1) is 0 Å². The molecule has 2 N–H and O–H groups in total. The van der Waals surface area contributed by atoms with Crippen molar-refractivity contribution in [1.29, 1.82) is 0 Å². The van der Waals surface area contributed by atoms with Crippen LogP contribution in [0.4, 0.5) is 13.2 Å². The Morgan fingerprint density at radius 3 is 2.11 bits per heavy atom. The lowest BCUT2D eigenvalue weighted by Crippen LogP contribution is -2.35. The van der Waals surface area contributed by atoms with Crippen LogP contribution in [0.15, 0.2) is 48.5 Å². The summed E-state index contributed by atoms with van der Waals surface area (Å²) in [5, 5.41) is 13.5. The van der Waals surface area contributed by atoms with Crippen LogP contribution in [0.25, 0.3) is 0 Å². The summed E-state index contributed by atoms with van der Waals surface area (Å²) >= 11 is 0. The molecular weight excluding hydrogens is 379 g/mol. The Morgan fingerprint density at radius 2 is 1.56 bits per heavy atom. The minimum absolute atomic E-state index is 0.0367. The molecule has 2 rings (SSSR count). The molecule has 0 radical (unpaired) electrons. The zero-order valence-electron chi connectivity index (χ0n) is 15.0. The maximum absolute atomic E-state index is 12.8. The van der Waals surface area contributed by atoms with E-state index in [1.54, 1.807) is 24.3 Å². The number of alkyl halides is 3. The van der Waals surface area contributed by atoms with E-state index in [0.29, 0.717) is 12.1 Å². The third-order valence-corrected chi connectivity index (χ3v) is 4.92. The number of hydrogen-bond acceptors (Lipinski definition) is 4. The molecule has 0 aliphatic rings. The fraction of sp³-hybridized carbons (Fsp3) is 0.368. The molecule has 8 heteroatoms. The van der Waals surface area contributed by atoms with Crippen molar-refractivity contribution in [2.75, 3.05) is 12.8 Å². The van der Waals surface area contributed by atoms with Gasteiger partial charge in [0.2, 0.25) is 0 Å². The van der Waals surface area contributed by atoms with Crippen LogP contribution in [0.3, 0.4) is 0 Å². The van der Waals surface area contributed by atoms with Crippen molar-refractivity contribution in [3.8, 4) is 0 Å². The van der Waals surface area contributed by atoms with E-state index >= 15 is 0 Å². The van der Waals surface area contributed by atoms with Gasteiger partial charge < -0.3 is 10.4 Å². The lowest BCUT2D eigenvalue weighted by molar-refractivity contribution is -0.137. The highest BCUT2D eigenvalue weighted by Crippen LogP contribution is 2.32. The third-order valence-electron chi connectivity index (χ3n) is 4.06. The average molecular weight is 401 g/mol. The summed E-state index contributed by atoms with van der Waals surface area (Å²) in [6.07, 6.45) is -3.30. The number of halogens is 3. The Bertz CT molecular complexity index is 876. The first-order valence-corrected chi connectivity index (χ1v) is 10.3. The highest BCUT2D eigenvalue weighted by molar-refractivity contribution is 7.89. The second-order valence-electron chi connectivity index (χ2n) is 6.84. The van der Waals surface area contributed by atoms with E-state index in [1.807, 2.05) is 0 Å². The first-order chi connectivity index (χ1) is 12.4. The molecule has 27 heavy (non-hydrogen) atoms. The van der Waals surface area contributed by atoms with Crippen molar-refractivity contribution in [1.82, 2.24) is 5.32 Å². The van der Waals surface area contributed by atoms with Crippen LogP contribution in [0.5, 0.6) is 0 Å². The monoisotopic (exact) mass is 401 g/mol. The number of nitrogens with one attached hydrogen (secondary N) is 1. The van der Waals surface area contributed by atoms with Crippen LogP contribution < -0.4 is 5.32 Å². The molecule has 2 aromatic rings. The predicted octanol–water partition coefficient (Wildman–Crippen LogP) is 3.25. The van der Waals surface area contributed by atoms with E-state index in [1.165, 1.54) is 25.3 Å². The fourth-order valence-electron chi connectivity index (χ4n) is 2.64. The number of benzene rings is 2. The molecule has 0 amide bonds. The summed E-state index contributed by atoms with van der Waals surface area (Å²) in [5.41, 5.74) is -0.559. The Hall–Kier alpha value is -1.90. The minimum atomic E-state index is -4.47. The summed E-state index contributed by atoms with van der Waals surface area (Å²) in [5.74, 6) is -0.0367. The molecule has 0 bridgehead atoms. The number of sulfone groups is 1. The van der Waals surface area contributed by atoms with Crippen LogP contribution in [0.1, 0.15) is 29.2 Å². The van der Waals surface area contributed by atoms with Gasteiger partial charge >= 0.3 is 6.18 Å². The molecule has 0 fully saturated rings. The second-order valence-corrected chi connectivity index (χ2v) is 8.98. The molecule has 0 aliphatic heterocycles. The van der Waals surface area contributed by atoms with Gasteiger partial charge in [-0.25, -0.2) is 8.42 Å². The van der Waals surface area contributed by atoms with Crippen molar-refractivity contribution in [2.24, 2.45) is 0 Å². The van der Waals surface area contributed by atoms with E-state index in [2.05, 4.69) is 5.32 Å². The van der Waals surface area contributed by atoms with Crippen molar-refractivity contribution in [3.63, 3.8) is 0 Å². The minimum Gasteiger partial charge on any atom is -0.384 e. The quantitative estimate of drug-likeness (QED) is 0.748. The molecule has 1 atom stereocenters. The van der Waals surface area contributed by atoms with Gasteiger partial charge in [-0.2, -0.15) is 13.2 Å². The van der Waals surface area contributed by atoms with Crippen molar-refractivity contribution in [2.45, 2.75) is 31.0 Å². The molecule has 2 aromatic carbocycles. The van der Waals surface area contributed by atoms with Crippen molar-refractivity contribution < 1.29 is 26.7 Å². The molecule has 148 valence electrons. The number of aliphatic hydroxyl groups is 1. The standard InChI is InChI=1S/C19H22F3NO3S/c1-18(24,16-4-3-5-17(10-16)19(20,21)22)13-23-11-14-6-8-15(9-7-14)12-27(2,25)26/h3-10,23-24H,11-13H2,1-2H3. The van der Waals surface area contributed by atoms with E-state index in [0.717, 1.165) is 17.7 Å². The van der Waals surface area contributed by atoms with Crippen LogP contribution >= 0.6 is 0 Å². The molecule has 0 saturated heterocycles. The Labute approximate surface area is 157 Å². The maximum atomic E-state index is 12.8. The van der Waals surface area contributed by atoms with Gasteiger partial charge in [0.15, 0.2) is 9.84 Å². The van der Waals surface area contributed by atoms with Gasteiger partial charge in [-0.1, -0.05) is 36.4 Å². The zero-order valence-corrected chi connectivity index (χ0v) is 15.9. The number of hydrogen-bond donors (Lipinski definition) is 2. The fourth-order valence-corrected chi connectivity index (χ4v) is 3.44. The first-order valence-electron chi connectivity index (χ1n) is 8.23. The smallest absolute Gasteiger partial charge is 0.384 e. The topological polar surface area (TPSA) is 66.4 Å². The summed E-state index contributed by atoms with van der Waals surface area (Å²) < 4.78 is 61.0. The first kappa shape index (κ1) is 21.4. The maximum Gasteiger partial charge on any atom is 0.416 e. The van der Waals surface area contributed by atoms with E-state index in [-0.39, 0.29) is 17.9 Å². The number of rotatable bonds is 7. The van der Waals surface area contributed by atoms with Crippen LogP contribution in [0.2, 0.25) is 0 Å². The SMILES string of the molecule is CC(O)(CNCc1ccc(CS(C)(=O)=O)cc1)c1cccc(C(F)(F)F)c1. The summed E-state index contributed by atoms with van der Waals surface area (Å²) in [6, 6.07) is 11.6. The Morgan fingerprint density at radius 1 is 1.00 bits per heavy atom. The highest BCUT2D eigenvalue weighted by atomic mass is 32.2. The normalized spacial score (nSPS) is 14.7. The van der Waals surface area contributed by atoms with Gasteiger partial charge in [0.1, 0.15) is 0 Å². The van der Waals surface area contributed by atoms with Gasteiger partial charge in [-0.05, 0) is 35.7 Å². The second kappa shape index (κ2) is 8.00. The third kappa shape index (κ3) is 6.64. The molecule has 4 nitrogen and oxygen atoms in total. The molecule has 0 heterocycles. The van der Waals surface area contributed by atoms with Gasteiger partial charge in [0.25, 0.3) is 0 Å². The molecular formula is C19H22F3NO3S. The van der Waals surface area contributed by atoms with E-state index in [9.17, 15) is 26.7 Å². The highest BCUT2D eigenvalue weighted by Gasteiger charge is 2.32.